The standard InChI is InChI=1S/C16H16O2S2/c17-7-5-11-1-3-13-15(9-11)20-16-10-12(6-8-18)2-4-14(16)19-13/h1-4,9-10,17-18H,5-8H2. The Kier molecular flexibility index (Phi) is 4.36. The molecule has 2 N–H and O–H groups in total. The van der Waals surface area contributed by atoms with Gasteiger partial charge in [0.1, 0.15) is 0 Å². The first-order valence-corrected chi connectivity index (χ1v) is 8.27. The molecule has 0 atom stereocenters. The molecular formula is C16H16O2S2. The van der Waals surface area contributed by atoms with E-state index < -0.39 is 0 Å². The van der Waals surface area contributed by atoms with Gasteiger partial charge in [0.05, 0.1) is 0 Å². The molecule has 3 rings (SSSR count). The fraction of sp³-hybridized carbons (Fsp3) is 0.250. The minimum atomic E-state index is 0.188. The summed E-state index contributed by atoms with van der Waals surface area (Å²) in [5.41, 5.74) is 2.35. The van der Waals surface area contributed by atoms with Crippen LogP contribution in [0.5, 0.6) is 0 Å². The number of hydrogen-bond donors (Lipinski definition) is 2. The minimum absolute atomic E-state index is 0.188. The zero-order valence-corrected chi connectivity index (χ0v) is 12.6. The van der Waals surface area contributed by atoms with E-state index in [0.717, 1.165) is 0 Å². The molecule has 1 aliphatic heterocycles. The summed E-state index contributed by atoms with van der Waals surface area (Å²) < 4.78 is 0. The van der Waals surface area contributed by atoms with Crippen molar-refractivity contribution < 1.29 is 10.2 Å². The maximum atomic E-state index is 9.04. The van der Waals surface area contributed by atoms with Crippen molar-refractivity contribution in [2.24, 2.45) is 0 Å². The van der Waals surface area contributed by atoms with Gasteiger partial charge in [-0.1, -0.05) is 35.7 Å². The molecule has 1 aliphatic rings. The number of rotatable bonds is 4. The summed E-state index contributed by atoms with van der Waals surface area (Å²) in [6, 6.07) is 12.8. The largest absolute Gasteiger partial charge is 0.396 e. The van der Waals surface area contributed by atoms with Crippen LogP contribution in [0.1, 0.15) is 11.1 Å². The van der Waals surface area contributed by atoms with E-state index in [4.69, 9.17) is 10.2 Å². The van der Waals surface area contributed by atoms with Crippen molar-refractivity contribution in [2.45, 2.75) is 32.4 Å². The Morgan fingerprint density at radius 2 is 1.10 bits per heavy atom. The molecule has 0 unspecified atom stereocenters. The predicted molar refractivity (Wildman–Crippen MR) is 82.7 cm³/mol. The van der Waals surface area contributed by atoms with Gasteiger partial charge in [0.15, 0.2) is 0 Å². The van der Waals surface area contributed by atoms with Crippen molar-refractivity contribution in [3.8, 4) is 0 Å². The van der Waals surface area contributed by atoms with E-state index in [1.165, 1.54) is 30.7 Å². The van der Waals surface area contributed by atoms with Crippen LogP contribution in [-0.4, -0.2) is 23.4 Å². The van der Waals surface area contributed by atoms with Gasteiger partial charge in [-0.05, 0) is 48.2 Å². The maximum absolute atomic E-state index is 9.04. The van der Waals surface area contributed by atoms with Crippen molar-refractivity contribution in [3.63, 3.8) is 0 Å². The van der Waals surface area contributed by atoms with Gasteiger partial charge < -0.3 is 10.2 Å². The second kappa shape index (κ2) is 6.22. The van der Waals surface area contributed by atoms with Crippen LogP contribution in [0, 0.1) is 0 Å². The molecule has 0 spiro atoms. The second-order valence-corrected chi connectivity index (χ2v) is 6.88. The smallest absolute Gasteiger partial charge is 0.0471 e. The van der Waals surface area contributed by atoms with Gasteiger partial charge in [-0.2, -0.15) is 0 Å². The summed E-state index contributed by atoms with van der Waals surface area (Å²) in [5, 5.41) is 18.1. The van der Waals surface area contributed by atoms with Crippen LogP contribution in [0.3, 0.4) is 0 Å². The van der Waals surface area contributed by atoms with Crippen LogP contribution in [0.4, 0.5) is 0 Å². The SMILES string of the molecule is OCCc1ccc2c(c1)Sc1cc(CCO)ccc1S2. The Morgan fingerprint density at radius 1 is 0.650 bits per heavy atom. The molecule has 0 saturated heterocycles. The third kappa shape index (κ3) is 2.88. The van der Waals surface area contributed by atoms with Crippen molar-refractivity contribution in [3.05, 3.63) is 47.5 Å². The lowest BCUT2D eigenvalue weighted by Gasteiger charge is -2.19. The molecule has 0 amide bonds. The Balaban J connectivity index is 1.90. The molecule has 20 heavy (non-hydrogen) atoms. The van der Waals surface area contributed by atoms with Gasteiger partial charge in [-0.3, -0.25) is 0 Å². The summed E-state index contributed by atoms with van der Waals surface area (Å²) >= 11 is 3.57. The topological polar surface area (TPSA) is 40.5 Å². The van der Waals surface area contributed by atoms with Gasteiger partial charge >= 0.3 is 0 Å². The Hall–Kier alpha value is -0.940. The zero-order valence-electron chi connectivity index (χ0n) is 11.0. The molecule has 2 nitrogen and oxygen atoms in total. The average molecular weight is 304 g/mol. The molecular weight excluding hydrogens is 288 g/mol. The minimum Gasteiger partial charge on any atom is -0.396 e. The first-order valence-electron chi connectivity index (χ1n) is 6.63. The van der Waals surface area contributed by atoms with Crippen molar-refractivity contribution >= 4 is 23.5 Å². The highest BCUT2D eigenvalue weighted by Gasteiger charge is 2.17. The van der Waals surface area contributed by atoms with Gasteiger partial charge in [0.25, 0.3) is 0 Å². The first-order chi connectivity index (χ1) is 9.80. The molecule has 104 valence electrons. The molecule has 0 radical (unpaired) electrons. The maximum Gasteiger partial charge on any atom is 0.0471 e. The lowest BCUT2D eigenvalue weighted by atomic mass is 10.1. The molecule has 0 bridgehead atoms. The lowest BCUT2D eigenvalue weighted by Crippen LogP contribution is -1.96. The number of fused-ring (bicyclic) bond motifs is 2. The first kappa shape index (κ1) is 14.0. The van der Waals surface area contributed by atoms with E-state index in [-0.39, 0.29) is 13.2 Å². The summed E-state index contributed by atoms with van der Waals surface area (Å²) in [6.45, 7) is 0.377. The van der Waals surface area contributed by atoms with E-state index >= 15 is 0 Å². The summed E-state index contributed by atoms with van der Waals surface area (Å²) in [6.07, 6.45) is 1.41. The summed E-state index contributed by atoms with van der Waals surface area (Å²) in [7, 11) is 0. The third-order valence-electron chi connectivity index (χ3n) is 3.26. The quantitative estimate of drug-likeness (QED) is 0.775. The van der Waals surface area contributed by atoms with Crippen LogP contribution >= 0.6 is 23.5 Å². The Morgan fingerprint density at radius 3 is 1.55 bits per heavy atom. The fourth-order valence-electron chi connectivity index (χ4n) is 2.24. The summed E-state index contributed by atoms with van der Waals surface area (Å²) in [4.78, 5) is 5.07. The van der Waals surface area contributed by atoms with E-state index in [2.05, 4.69) is 36.4 Å². The average Bonchev–Trinajstić information content (AvgIpc) is 2.46. The van der Waals surface area contributed by atoms with Crippen LogP contribution in [0.25, 0.3) is 0 Å². The monoisotopic (exact) mass is 304 g/mol. The molecule has 0 aromatic heterocycles. The van der Waals surface area contributed by atoms with Crippen molar-refractivity contribution in [2.75, 3.05) is 13.2 Å². The third-order valence-corrected chi connectivity index (χ3v) is 5.78. The van der Waals surface area contributed by atoms with E-state index in [1.807, 2.05) is 0 Å². The van der Waals surface area contributed by atoms with Crippen LogP contribution < -0.4 is 0 Å². The Bertz CT molecular complexity index is 572. The second-order valence-electron chi connectivity index (χ2n) is 4.71. The highest BCUT2D eigenvalue weighted by atomic mass is 32.2. The zero-order chi connectivity index (χ0) is 13.9. The molecule has 0 saturated carbocycles. The fourth-order valence-corrected chi connectivity index (χ4v) is 4.56. The van der Waals surface area contributed by atoms with Crippen LogP contribution in [0.15, 0.2) is 56.0 Å². The van der Waals surface area contributed by atoms with Crippen LogP contribution in [0.2, 0.25) is 0 Å². The normalized spacial score (nSPS) is 12.9. The highest BCUT2D eigenvalue weighted by Crippen LogP contribution is 2.48. The van der Waals surface area contributed by atoms with Gasteiger partial charge in [0, 0.05) is 32.8 Å². The van der Waals surface area contributed by atoms with Gasteiger partial charge in [-0.25, -0.2) is 0 Å². The van der Waals surface area contributed by atoms with E-state index in [9.17, 15) is 0 Å². The molecule has 0 fully saturated rings. The van der Waals surface area contributed by atoms with Gasteiger partial charge in [-0.15, -0.1) is 0 Å². The van der Waals surface area contributed by atoms with Crippen LogP contribution in [-0.2, 0) is 12.8 Å². The molecule has 2 aromatic carbocycles. The molecule has 1 heterocycles. The highest BCUT2D eigenvalue weighted by molar-refractivity contribution is 8.05. The number of hydrogen-bond acceptors (Lipinski definition) is 4. The van der Waals surface area contributed by atoms with E-state index in [1.54, 1.807) is 23.5 Å². The molecule has 2 aromatic rings. The predicted octanol–water partition coefficient (Wildman–Crippen LogP) is 3.37. The van der Waals surface area contributed by atoms with Crippen molar-refractivity contribution in [1.29, 1.82) is 0 Å². The van der Waals surface area contributed by atoms with E-state index in [0.29, 0.717) is 12.8 Å². The molecule has 0 aliphatic carbocycles. The Labute approximate surface area is 127 Å². The number of aliphatic hydroxyl groups excluding tert-OH is 2. The van der Waals surface area contributed by atoms with Crippen molar-refractivity contribution in [1.82, 2.24) is 0 Å². The number of aliphatic hydroxyl groups is 2. The van der Waals surface area contributed by atoms with Gasteiger partial charge in [0.2, 0.25) is 0 Å². The molecule has 4 heteroatoms. The summed E-state index contributed by atoms with van der Waals surface area (Å²) in [5.74, 6) is 0. The lowest BCUT2D eigenvalue weighted by molar-refractivity contribution is 0.299. The number of benzene rings is 2.